The highest BCUT2D eigenvalue weighted by molar-refractivity contribution is 5.88. The first-order valence-electron chi connectivity index (χ1n) is 8.34. The first-order chi connectivity index (χ1) is 11.0. The van der Waals surface area contributed by atoms with Gasteiger partial charge in [0.1, 0.15) is 17.9 Å². The fourth-order valence-corrected chi connectivity index (χ4v) is 2.80. The Kier molecular flexibility index (Phi) is 6.02. The first-order valence-corrected chi connectivity index (χ1v) is 8.34. The largest absolute Gasteiger partial charge is 0.489 e. The lowest BCUT2D eigenvalue weighted by Gasteiger charge is -2.29. The molecule has 2 rings (SSSR count). The van der Waals surface area contributed by atoms with E-state index in [9.17, 15) is 9.59 Å². The van der Waals surface area contributed by atoms with Crippen molar-refractivity contribution in [3.05, 3.63) is 30.3 Å². The molecule has 0 bridgehead atoms. The SMILES string of the molecule is CC[C@H](C(=O)N[C@@H](C)[C@@H](C)Oc1ccccc1)N1CCCC1=O. The number of hydrogen-bond donors (Lipinski definition) is 1. The van der Waals surface area contributed by atoms with Crippen molar-refractivity contribution in [2.24, 2.45) is 0 Å². The number of carbonyl (C=O) groups is 2. The summed E-state index contributed by atoms with van der Waals surface area (Å²) >= 11 is 0. The summed E-state index contributed by atoms with van der Waals surface area (Å²) in [6.07, 6.45) is 1.85. The van der Waals surface area contributed by atoms with E-state index in [0.29, 0.717) is 19.4 Å². The van der Waals surface area contributed by atoms with Gasteiger partial charge >= 0.3 is 0 Å². The Morgan fingerprint density at radius 1 is 1.30 bits per heavy atom. The molecule has 1 aliphatic rings. The van der Waals surface area contributed by atoms with Crippen LogP contribution in [-0.4, -0.2) is 41.4 Å². The molecule has 1 aliphatic heterocycles. The molecule has 1 N–H and O–H groups in total. The smallest absolute Gasteiger partial charge is 0.243 e. The molecule has 5 nitrogen and oxygen atoms in total. The molecule has 126 valence electrons. The van der Waals surface area contributed by atoms with Crippen LogP contribution in [0.4, 0.5) is 0 Å². The molecule has 0 aromatic heterocycles. The van der Waals surface area contributed by atoms with Crippen LogP contribution in [0.15, 0.2) is 30.3 Å². The van der Waals surface area contributed by atoms with Gasteiger partial charge in [-0.15, -0.1) is 0 Å². The lowest BCUT2D eigenvalue weighted by Crippen LogP contribution is -2.52. The van der Waals surface area contributed by atoms with Gasteiger partial charge in [-0.2, -0.15) is 0 Å². The van der Waals surface area contributed by atoms with Gasteiger partial charge in [0, 0.05) is 13.0 Å². The van der Waals surface area contributed by atoms with Gasteiger partial charge in [-0.3, -0.25) is 9.59 Å². The topological polar surface area (TPSA) is 58.6 Å². The maximum atomic E-state index is 12.5. The molecule has 1 aromatic carbocycles. The zero-order valence-corrected chi connectivity index (χ0v) is 14.1. The summed E-state index contributed by atoms with van der Waals surface area (Å²) < 4.78 is 5.84. The number of hydrogen-bond acceptors (Lipinski definition) is 3. The van der Waals surface area contributed by atoms with Gasteiger partial charge in [0.25, 0.3) is 0 Å². The maximum absolute atomic E-state index is 12.5. The molecule has 0 saturated carbocycles. The van der Waals surface area contributed by atoms with Gasteiger partial charge in [0.05, 0.1) is 6.04 Å². The Labute approximate surface area is 138 Å². The summed E-state index contributed by atoms with van der Waals surface area (Å²) in [4.78, 5) is 26.1. The molecular formula is C18H26N2O3. The van der Waals surface area contributed by atoms with Gasteiger partial charge in [-0.1, -0.05) is 25.1 Å². The van der Waals surface area contributed by atoms with Crippen molar-refractivity contribution < 1.29 is 14.3 Å². The van der Waals surface area contributed by atoms with Crippen molar-refractivity contribution in [3.8, 4) is 5.75 Å². The Hall–Kier alpha value is -2.04. The summed E-state index contributed by atoms with van der Waals surface area (Å²) in [6, 6.07) is 9.02. The van der Waals surface area contributed by atoms with Gasteiger partial charge in [-0.25, -0.2) is 0 Å². The number of rotatable bonds is 7. The third-order valence-corrected chi connectivity index (χ3v) is 4.31. The molecular weight excluding hydrogens is 292 g/mol. The van der Waals surface area contributed by atoms with Crippen LogP contribution in [0.25, 0.3) is 0 Å². The van der Waals surface area contributed by atoms with Gasteiger partial charge in [0.15, 0.2) is 0 Å². The predicted octanol–water partition coefficient (Wildman–Crippen LogP) is 2.36. The Morgan fingerprint density at radius 2 is 2.00 bits per heavy atom. The molecule has 2 amide bonds. The monoisotopic (exact) mass is 318 g/mol. The van der Waals surface area contributed by atoms with Crippen molar-refractivity contribution in [3.63, 3.8) is 0 Å². The second kappa shape index (κ2) is 7.99. The summed E-state index contributed by atoms with van der Waals surface area (Å²) in [7, 11) is 0. The Balaban J connectivity index is 1.91. The highest BCUT2D eigenvalue weighted by Gasteiger charge is 2.32. The van der Waals surface area contributed by atoms with Crippen LogP contribution in [0.1, 0.15) is 40.0 Å². The molecule has 1 saturated heterocycles. The predicted molar refractivity (Wildman–Crippen MR) is 89.2 cm³/mol. The van der Waals surface area contributed by atoms with Crippen LogP contribution in [-0.2, 0) is 9.59 Å². The van der Waals surface area contributed by atoms with E-state index >= 15 is 0 Å². The van der Waals surface area contributed by atoms with E-state index in [2.05, 4.69) is 5.32 Å². The molecule has 0 spiro atoms. The molecule has 0 aliphatic carbocycles. The minimum Gasteiger partial charge on any atom is -0.489 e. The minimum atomic E-state index is -0.378. The summed E-state index contributed by atoms with van der Waals surface area (Å²) in [5.41, 5.74) is 0. The van der Waals surface area contributed by atoms with Crippen molar-refractivity contribution in [1.82, 2.24) is 10.2 Å². The molecule has 1 aromatic rings. The lowest BCUT2D eigenvalue weighted by atomic mass is 10.1. The number of para-hydroxylation sites is 1. The Bertz CT molecular complexity index is 532. The minimum absolute atomic E-state index is 0.0771. The maximum Gasteiger partial charge on any atom is 0.243 e. The van der Waals surface area contributed by atoms with Crippen LogP contribution in [0.5, 0.6) is 5.75 Å². The van der Waals surface area contributed by atoms with Crippen molar-refractivity contribution >= 4 is 11.8 Å². The number of benzene rings is 1. The highest BCUT2D eigenvalue weighted by atomic mass is 16.5. The van der Waals surface area contributed by atoms with Crippen LogP contribution >= 0.6 is 0 Å². The van der Waals surface area contributed by atoms with Crippen LogP contribution < -0.4 is 10.1 Å². The van der Waals surface area contributed by atoms with Crippen molar-refractivity contribution in [2.45, 2.75) is 58.2 Å². The third-order valence-electron chi connectivity index (χ3n) is 4.31. The van der Waals surface area contributed by atoms with Gasteiger partial charge < -0.3 is 15.0 Å². The number of likely N-dealkylation sites (tertiary alicyclic amines) is 1. The second-order valence-corrected chi connectivity index (χ2v) is 6.05. The fourth-order valence-electron chi connectivity index (χ4n) is 2.80. The van der Waals surface area contributed by atoms with E-state index in [-0.39, 0.29) is 30.0 Å². The first kappa shape index (κ1) is 17.3. The van der Waals surface area contributed by atoms with E-state index in [4.69, 9.17) is 4.74 Å². The lowest BCUT2D eigenvalue weighted by molar-refractivity contribution is -0.138. The third kappa shape index (κ3) is 4.47. The molecule has 3 atom stereocenters. The Morgan fingerprint density at radius 3 is 2.57 bits per heavy atom. The van der Waals surface area contributed by atoms with E-state index in [1.165, 1.54) is 0 Å². The number of nitrogens with one attached hydrogen (secondary N) is 1. The quantitative estimate of drug-likeness (QED) is 0.839. The average molecular weight is 318 g/mol. The molecule has 23 heavy (non-hydrogen) atoms. The van der Waals surface area contributed by atoms with Crippen LogP contribution in [0.2, 0.25) is 0 Å². The molecule has 0 unspecified atom stereocenters. The number of amides is 2. The van der Waals surface area contributed by atoms with E-state index < -0.39 is 0 Å². The number of carbonyl (C=O) groups excluding carboxylic acids is 2. The summed E-state index contributed by atoms with van der Waals surface area (Å²) in [6.45, 7) is 6.46. The molecule has 1 heterocycles. The number of nitrogens with zero attached hydrogens (tertiary/aromatic N) is 1. The molecule has 1 fully saturated rings. The molecule has 5 heteroatoms. The standard InChI is InChI=1S/C18H26N2O3/c1-4-16(20-12-8-11-17(20)21)18(22)19-13(2)14(3)23-15-9-6-5-7-10-15/h5-7,9-10,13-14,16H,4,8,11-12H2,1-3H3,(H,19,22)/t13-,14+,16+/m0/s1. The molecule has 0 radical (unpaired) electrons. The average Bonchev–Trinajstić information content (AvgIpc) is 2.95. The zero-order valence-electron chi connectivity index (χ0n) is 14.1. The fraction of sp³-hybridized carbons (Fsp3) is 0.556. The number of ether oxygens (including phenoxy) is 1. The summed E-state index contributed by atoms with van der Waals surface area (Å²) in [5.74, 6) is 0.759. The van der Waals surface area contributed by atoms with E-state index in [1.54, 1.807) is 4.90 Å². The van der Waals surface area contributed by atoms with E-state index in [0.717, 1.165) is 12.2 Å². The van der Waals surface area contributed by atoms with Crippen molar-refractivity contribution in [1.29, 1.82) is 0 Å². The van der Waals surface area contributed by atoms with Gasteiger partial charge in [-0.05, 0) is 38.8 Å². The summed E-state index contributed by atoms with van der Waals surface area (Å²) in [5, 5.41) is 2.99. The zero-order chi connectivity index (χ0) is 16.8. The van der Waals surface area contributed by atoms with Gasteiger partial charge in [0.2, 0.25) is 11.8 Å². The van der Waals surface area contributed by atoms with Crippen molar-refractivity contribution in [2.75, 3.05) is 6.54 Å². The highest BCUT2D eigenvalue weighted by Crippen LogP contribution is 2.17. The van der Waals surface area contributed by atoms with E-state index in [1.807, 2.05) is 51.1 Å². The second-order valence-electron chi connectivity index (χ2n) is 6.05. The normalized spacial score (nSPS) is 18.4. The van der Waals surface area contributed by atoms with Crippen LogP contribution in [0, 0.1) is 0 Å². The van der Waals surface area contributed by atoms with Crippen LogP contribution in [0.3, 0.4) is 0 Å².